The molecule has 0 saturated heterocycles. The maximum Gasteiger partial charge on any atom is 0.271 e. The summed E-state index contributed by atoms with van der Waals surface area (Å²) in [7, 11) is 0.248. The van der Waals surface area contributed by atoms with Crippen LogP contribution in [0.5, 0.6) is 0 Å². The average molecular weight is 296 g/mol. The molecule has 0 amide bonds. The van der Waals surface area contributed by atoms with Crippen LogP contribution in [-0.4, -0.2) is 22.5 Å². The third-order valence-corrected chi connectivity index (χ3v) is 5.47. The molecule has 2 aromatic rings. The lowest BCUT2D eigenvalue weighted by Gasteiger charge is -2.17. The maximum absolute atomic E-state index is 12.3. The summed E-state index contributed by atoms with van der Waals surface area (Å²) in [6.07, 6.45) is 0. The highest BCUT2D eigenvalue weighted by Crippen LogP contribution is 2.28. The Labute approximate surface area is 117 Å². The van der Waals surface area contributed by atoms with Gasteiger partial charge in [0.25, 0.3) is 10.0 Å². The number of thiophene rings is 1. The van der Waals surface area contributed by atoms with Crippen molar-refractivity contribution in [1.29, 1.82) is 0 Å². The number of nitrogens with one attached hydrogen (secondary N) is 1. The number of anilines is 2. The van der Waals surface area contributed by atoms with Crippen LogP contribution < -0.4 is 9.62 Å². The SMILES string of the molecule is Cc1ccc(S(=O)(=O)Nc2ccccc2N(C)C)s1. The van der Waals surface area contributed by atoms with E-state index in [-0.39, 0.29) is 0 Å². The summed E-state index contributed by atoms with van der Waals surface area (Å²) in [6, 6.07) is 10.7. The lowest BCUT2D eigenvalue weighted by molar-refractivity contribution is 0.603. The van der Waals surface area contributed by atoms with E-state index in [0.29, 0.717) is 9.90 Å². The summed E-state index contributed by atoms with van der Waals surface area (Å²) in [4.78, 5) is 2.85. The Balaban J connectivity index is 2.36. The molecule has 0 aliphatic rings. The van der Waals surface area contributed by atoms with E-state index in [0.717, 1.165) is 10.6 Å². The molecule has 2 rings (SSSR count). The summed E-state index contributed by atoms with van der Waals surface area (Å²) < 4.78 is 27.5. The van der Waals surface area contributed by atoms with Gasteiger partial charge in [-0.2, -0.15) is 0 Å². The van der Waals surface area contributed by atoms with Crippen LogP contribution in [0.25, 0.3) is 0 Å². The second-order valence-corrected chi connectivity index (χ2v) is 7.58. The Morgan fingerprint density at radius 2 is 1.79 bits per heavy atom. The van der Waals surface area contributed by atoms with Crippen LogP contribution in [0, 0.1) is 6.92 Å². The standard InChI is InChI=1S/C13H16N2O2S2/c1-10-8-9-13(18-10)19(16,17)14-11-6-4-5-7-12(11)15(2)3/h4-9,14H,1-3H3. The van der Waals surface area contributed by atoms with Gasteiger partial charge in [0.05, 0.1) is 11.4 Å². The van der Waals surface area contributed by atoms with E-state index in [9.17, 15) is 8.42 Å². The number of nitrogens with zero attached hydrogens (tertiary/aromatic N) is 1. The van der Waals surface area contributed by atoms with Crippen molar-refractivity contribution in [1.82, 2.24) is 0 Å². The van der Waals surface area contributed by atoms with Crippen LogP contribution in [0.15, 0.2) is 40.6 Å². The lowest BCUT2D eigenvalue weighted by atomic mass is 10.2. The summed E-state index contributed by atoms with van der Waals surface area (Å²) in [5.74, 6) is 0. The molecule has 6 heteroatoms. The Morgan fingerprint density at radius 1 is 1.11 bits per heavy atom. The Hall–Kier alpha value is -1.53. The topological polar surface area (TPSA) is 49.4 Å². The van der Waals surface area contributed by atoms with E-state index in [1.54, 1.807) is 18.2 Å². The van der Waals surface area contributed by atoms with Gasteiger partial charge < -0.3 is 4.90 Å². The van der Waals surface area contributed by atoms with Crippen molar-refractivity contribution in [2.45, 2.75) is 11.1 Å². The fraction of sp³-hybridized carbons (Fsp3) is 0.231. The van der Waals surface area contributed by atoms with E-state index in [1.807, 2.05) is 44.1 Å². The minimum absolute atomic E-state index is 0.332. The summed E-state index contributed by atoms with van der Waals surface area (Å²) in [5.41, 5.74) is 1.41. The molecule has 1 heterocycles. The molecule has 0 fully saturated rings. The molecular formula is C13H16N2O2S2. The number of sulfonamides is 1. The van der Waals surface area contributed by atoms with Crippen molar-refractivity contribution in [3.8, 4) is 0 Å². The van der Waals surface area contributed by atoms with Crippen molar-refractivity contribution < 1.29 is 8.42 Å². The molecule has 102 valence electrons. The number of aryl methyl sites for hydroxylation is 1. The highest BCUT2D eigenvalue weighted by molar-refractivity contribution is 7.94. The minimum atomic E-state index is -3.51. The second-order valence-electron chi connectivity index (χ2n) is 4.38. The molecule has 0 radical (unpaired) electrons. The van der Waals surface area contributed by atoms with Gasteiger partial charge in [0.15, 0.2) is 0 Å². The molecule has 19 heavy (non-hydrogen) atoms. The Kier molecular flexibility index (Phi) is 3.82. The molecule has 0 aliphatic heterocycles. The minimum Gasteiger partial charge on any atom is -0.376 e. The first-order chi connectivity index (χ1) is 8.90. The molecular weight excluding hydrogens is 280 g/mol. The average Bonchev–Trinajstić information content (AvgIpc) is 2.76. The predicted molar refractivity (Wildman–Crippen MR) is 80.6 cm³/mol. The van der Waals surface area contributed by atoms with Gasteiger partial charge in [-0.25, -0.2) is 8.42 Å². The van der Waals surface area contributed by atoms with Gasteiger partial charge >= 0.3 is 0 Å². The van der Waals surface area contributed by atoms with Crippen LogP contribution in [0.1, 0.15) is 4.88 Å². The number of hydrogen-bond acceptors (Lipinski definition) is 4. The summed E-state index contributed by atoms with van der Waals surface area (Å²) in [5, 5.41) is 0. The van der Waals surface area contributed by atoms with E-state index in [4.69, 9.17) is 0 Å². The van der Waals surface area contributed by atoms with E-state index >= 15 is 0 Å². The van der Waals surface area contributed by atoms with Crippen molar-refractivity contribution in [2.24, 2.45) is 0 Å². The third kappa shape index (κ3) is 3.08. The van der Waals surface area contributed by atoms with E-state index < -0.39 is 10.0 Å². The third-order valence-electron chi connectivity index (χ3n) is 2.61. The Morgan fingerprint density at radius 3 is 2.37 bits per heavy atom. The quantitative estimate of drug-likeness (QED) is 0.943. The van der Waals surface area contributed by atoms with Gasteiger partial charge in [-0.1, -0.05) is 12.1 Å². The summed E-state index contributed by atoms with van der Waals surface area (Å²) >= 11 is 1.26. The smallest absolute Gasteiger partial charge is 0.271 e. The molecule has 0 saturated carbocycles. The van der Waals surface area contributed by atoms with Crippen LogP contribution in [0.3, 0.4) is 0 Å². The first-order valence-corrected chi connectivity index (χ1v) is 8.06. The highest BCUT2D eigenvalue weighted by Gasteiger charge is 2.18. The lowest BCUT2D eigenvalue weighted by Crippen LogP contribution is -2.16. The van der Waals surface area contributed by atoms with Crippen LogP contribution in [-0.2, 0) is 10.0 Å². The molecule has 1 aromatic heterocycles. The zero-order valence-corrected chi connectivity index (χ0v) is 12.7. The van der Waals surface area contributed by atoms with Gasteiger partial charge in [-0.05, 0) is 31.2 Å². The molecule has 1 aromatic carbocycles. The monoisotopic (exact) mass is 296 g/mol. The van der Waals surface area contributed by atoms with Crippen molar-refractivity contribution in [2.75, 3.05) is 23.7 Å². The zero-order valence-electron chi connectivity index (χ0n) is 11.0. The van der Waals surface area contributed by atoms with Crippen molar-refractivity contribution in [3.63, 3.8) is 0 Å². The van der Waals surface area contributed by atoms with E-state index in [1.165, 1.54) is 11.3 Å². The Bertz CT molecular complexity index is 675. The first-order valence-electron chi connectivity index (χ1n) is 5.76. The summed E-state index contributed by atoms with van der Waals surface area (Å²) in [6.45, 7) is 1.89. The fourth-order valence-electron chi connectivity index (χ4n) is 1.70. The van der Waals surface area contributed by atoms with Gasteiger partial charge in [0, 0.05) is 19.0 Å². The molecule has 0 aliphatic carbocycles. The molecule has 1 N–H and O–H groups in total. The first kappa shape index (κ1) is 13.9. The highest BCUT2D eigenvalue weighted by atomic mass is 32.2. The number of para-hydroxylation sites is 2. The van der Waals surface area contributed by atoms with Crippen LogP contribution in [0.4, 0.5) is 11.4 Å². The van der Waals surface area contributed by atoms with Gasteiger partial charge in [0.1, 0.15) is 4.21 Å². The largest absolute Gasteiger partial charge is 0.376 e. The number of hydrogen-bond donors (Lipinski definition) is 1. The fourth-order valence-corrected chi connectivity index (χ4v) is 4.06. The van der Waals surface area contributed by atoms with Crippen LogP contribution >= 0.6 is 11.3 Å². The molecule has 0 unspecified atom stereocenters. The van der Waals surface area contributed by atoms with Crippen molar-refractivity contribution >= 4 is 32.7 Å². The van der Waals surface area contributed by atoms with E-state index in [2.05, 4.69) is 4.72 Å². The zero-order chi connectivity index (χ0) is 14.0. The second kappa shape index (κ2) is 5.22. The van der Waals surface area contributed by atoms with Gasteiger partial charge in [-0.3, -0.25) is 4.72 Å². The predicted octanol–water partition coefficient (Wildman–Crippen LogP) is 2.92. The molecule has 0 bridgehead atoms. The number of rotatable bonds is 4. The molecule has 4 nitrogen and oxygen atoms in total. The van der Waals surface area contributed by atoms with Gasteiger partial charge in [0.2, 0.25) is 0 Å². The van der Waals surface area contributed by atoms with Gasteiger partial charge in [-0.15, -0.1) is 11.3 Å². The maximum atomic E-state index is 12.3. The van der Waals surface area contributed by atoms with Crippen molar-refractivity contribution in [3.05, 3.63) is 41.3 Å². The molecule has 0 atom stereocenters. The number of benzene rings is 1. The molecule has 0 spiro atoms. The van der Waals surface area contributed by atoms with Crippen LogP contribution in [0.2, 0.25) is 0 Å². The normalized spacial score (nSPS) is 11.3.